The van der Waals surface area contributed by atoms with E-state index in [4.69, 9.17) is 11.6 Å². The van der Waals surface area contributed by atoms with E-state index in [9.17, 15) is 0 Å². The van der Waals surface area contributed by atoms with Gasteiger partial charge in [0.15, 0.2) is 0 Å². The van der Waals surface area contributed by atoms with Gasteiger partial charge < -0.3 is 0 Å². The number of rotatable bonds is 2. The molecule has 0 atom stereocenters. The van der Waals surface area contributed by atoms with Crippen LogP contribution in [0.3, 0.4) is 0 Å². The summed E-state index contributed by atoms with van der Waals surface area (Å²) in [6, 6.07) is 16.1. The Morgan fingerprint density at radius 2 is 1.38 bits per heavy atom. The molecular formula is C13H9Br2Cl. The highest BCUT2D eigenvalue weighted by molar-refractivity contribution is 9.24. The monoisotopic (exact) mass is 358 g/mol. The average Bonchev–Trinajstić information content (AvgIpc) is 2.29. The van der Waals surface area contributed by atoms with Gasteiger partial charge in [0.25, 0.3) is 0 Å². The second-order valence-electron chi connectivity index (χ2n) is 3.37. The molecule has 0 saturated carbocycles. The molecule has 0 bridgehead atoms. The van der Waals surface area contributed by atoms with Crippen molar-refractivity contribution < 1.29 is 0 Å². The first-order chi connectivity index (χ1) is 7.70. The first-order valence-electron chi connectivity index (χ1n) is 4.82. The van der Waals surface area contributed by atoms with Crippen molar-refractivity contribution in [3.8, 4) is 11.1 Å². The summed E-state index contributed by atoms with van der Waals surface area (Å²) in [5, 5.41) is 0.774. The zero-order valence-corrected chi connectivity index (χ0v) is 12.3. The van der Waals surface area contributed by atoms with Gasteiger partial charge in [0.2, 0.25) is 0 Å². The van der Waals surface area contributed by atoms with Crippen molar-refractivity contribution in [2.75, 3.05) is 0 Å². The van der Waals surface area contributed by atoms with E-state index in [1.54, 1.807) is 0 Å². The highest BCUT2D eigenvalue weighted by atomic mass is 79.9. The number of benzene rings is 2. The van der Waals surface area contributed by atoms with Crippen LogP contribution in [-0.4, -0.2) is 0 Å². The van der Waals surface area contributed by atoms with Crippen molar-refractivity contribution in [1.29, 1.82) is 0 Å². The lowest BCUT2D eigenvalue weighted by atomic mass is 10.0. The molecule has 16 heavy (non-hydrogen) atoms. The van der Waals surface area contributed by atoms with Crippen molar-refractivity contribution in [2.45, 2.75) is 3.74 Å². The zero-order valence-electron chi connectivity index (χ0n) is 8.33. The SMILES string of the molecule is Clc1ccccc1-c1ccccc1C(Br)Br. The minimum Gasteiger partial charge on any atom is -0.0837 e. The van der Waals surface area contributed by atoms with Crippen molar-refractivity contribution in [1.82, 2.24) is 0 Å². The van der Waals surface area contributed by atoms with Crippen LogP contribution in [-0.2, 0) is 0 Å². The molecule has 2 rings (SSSR count). The first-order valence-corrected chi connectivity index (χ1v) is 7.03. The van der Waals surface area contributed by atoms with E-state index in [0.717, 1.165) is 16.1 Å². The molecule has 0 radical (unpaired) electrons. The van der Waals surface area contributed by atoms with E-state index in [-0.39, 0.29) is 3.74 Å². The van der Waals surface area contributed by atoms with E-state index >= 15 is 0 Å². The summed E-state index contributed by atoms with van der Waals surface area (Å²) in [5.74, 6) is 0. The topological polar surface area (TPSA) is 0 Å². The van der Waals surface area contributed by atoms with Crippen LogP contribution in [0.15, 0.2) is 48.5 Å². The normalized spacial score (nSPS) is 10.8. The zero-order chi connectivity index (χ0) is 11.5. The Morgan fingerprint density at radius 1 is 0.812 bits per heavy atom. The quantitative estimate of drug-likeness (QED) is 0.594. The molecule has 0 fully saturated rings. The van der Waals surface area contributed by atoms with Crippen LogP contribution in [0.25, 0.3) is 11.1 Å². The molecule has 0 aliphatic rings. The summed E-state index contributed by atoms with van der Waals surface area (Å²) in [6.07, 6.45) is 0. The Bertz CT molecular complexity index is 495. The number of hydrogen-bond acceptors (Lipinski definition) is 0. The molecule has 2 aromatic rings. The second kappa shape index (κ2) is 5.35. The lowest BCUT2D eigenvalue weighted by Crippen LogP contribution is -1.88. The molecule has 0 N–H and O–H groups in total. The Balaban J connectivity index is 2.60. The number of alkyl halides is 2. The van der Waals surface area contributed by atoms with Crippen molar-refractivity contribution >= 4 is 43.5 Å². The Morgan fingerprint density at radius 3 is 2.00 bits per heavy atom. The molecular weight excluding hydrogens is 351 g/mol. The summed E-state index contributed by atoms with van der Waals surface area (Å²) in [4.78, 5) is 0. The summed E-state index contributed by atoms with van der Waals surface area (Å²) in [5.41, 5.74) is 3.38. The van der Waals surface area contributed by atoms with E-state index in [0.29, 0.717) is 0 Å². The summed E-state index contributed by atoms with van der Waals surface area (Å²) in [7, 11) is 0. The maximum atomic E-state index is 6.20. The van der Waals surface area contributed by atoms with Crippen LogP contribution in [0.4, 0.5) is 0 Å². The molecule has 0 spiro atoms. The second-order valence-corrected chi connectivity index (χ2v) is 6.84. The molecule has 0 nitrogen and oxygen atoms in total. The molecule has 0 saturated heterocycles. The lowest BCUT2D eigenvalue weighted by molar-refractivity contribution is 1.41. The molecule has 0 aliphatic carbocycles. The summed E-state index contributed by atoms with van der Waals surface area (Å²) >= 11 is 13.3. The van der Waals surface area contributed by atoms with E-state index in [1.807, 2.05) is 36.4 Å². The Hall–Kier alpha value is -0.310. The smallest absolute Gasteiger partial charge is 0.0837 e. The number of halogens is 3. The van der Waals surface area contributed by atoms with Crippen molar-refractivity contribution in [3.63, 3.8) is 0 Å². The fraction of sp³-hybridized carbons (Fsp3) is 0.0769. The van der Waals surface area contributed by atoms with Gasteiger partial charge in [-0.3, -0.25) is 0 Å². The molecule has 0 heterocycles. The van der Waals surface area contributed by atoms with Crippen LogP contribution in [0.2, 0.25) is 5.02 Å². The van der Waals surface area contributed by atoms with Gasteiger partial charge in [-0.05, 0) is 17.2 Å². The van der Waals surface area contributed by atoms with E-state index < -0.39 is 0 Å². The Labute approximate surface area is 117 Å². The van der Waals surface area contributed by atoms with Gasteiger partial charge in [-0.1, -0.05) is 85.9 Å². The molecule has 0 amide bonds. The van der Waals surface area contributed by atoms with Crippen LogP contribution in [0, 0.1) is 0 Å². The maximum absolute atomic E-state index is 6.20. The molecule has 2 aromatic carbocycles. The Kier molecular flexibility index (Phi) is 4.06. The van der Waals surface area contributed by atoms with Gasteiger partial charge in [0.1, 0.15) is 0 Å². The van der Waals surface area contributed by atoms with Crippen LogP contribution < -0.4 is 0 Å². The minimum atomic E-state index is 0.132. The first kappa shape index (κ1) is 12.2. The standard InChI is InChI=1S/C13H9Br2Cl/c14-13(15)11-7-2-1-5-9(11)10-6-3-4-8-12(10)16/h1-8,13H. The lowest BCUT2D eigenvalue weighted by Gasteiger charge is -2.11. The summed E-state index contributed by atoms with van der Waals surface area (Å²) < 4.78 is 0.132. The van der Waals surface area contributed by atoms with Gasteiger partial charge >= 0.3 is 0 Å². The van der Waals surface area contributed by atoms with Gasteiger partial charge in [-0.2, -0.15) is 0 Å². The fourth-order valence-electron chi connectivity index (χ4n) is 1.61. The van der Waals surface area contributed by atoms with Crippen molar-refractivity contribution in [3.05, 3.63) is 59.1 Å². The minimum absolute atomic E-state index is 0.132. The molecule has 0 aliphatic heterocycles. The molecule has 0 unspecified atom stereocenters. The van der Waals surface area contributed by atoms with Crippen LogP contribution in [0.5, 0.6) is 0 Å². The van der Waals surface area contributed by atoms with Gasteiger partial charge in [0, 0.05) is 10.6 Å². The van der Waals surface area contributed by atoms with Gasteiger partial charge in [-0.25, -0.2) is 0 Å². The molecule has 3 heteroatoms. The third-order valence-electron chi connectivity index (χ3n) is 2.36. The third kappa shape index (κ3) is 2.50. The third-order valence-corrected chi connectivity index (χ3v) is 3.68. The average molecular weight is 360 g/mol. The summed E-state index contributed by atoms with van der Waals surface area (Å²) in [6.45, 7) is 0. The highest BCUT2D eigenvalue weighted by Crippen LogP contribution is 2.38. The predicted molar refractivity (Wildman–Crippen MR) is 77.5 cm³/mol. The highest BCUT2D eigenvalue weighted by Gasteiger charge is 2.11. The molecule has 82 valence electrons. The fourth-order valence-corrected chi connectivity index (χ4v) is 2.65. The van der Waals surface area contributed by atoms with Crippen molar-refractivity contribution in [2.24, 2.45) is 0 Å². The van der Waals surface area contributed by atoms with Crippen LogP contribution >= 0.6 is 43.5 Å². The van der Waals surface area contributed by atoms with E-state index in [2.05, 4.69) is 44.0 Å². The maximum Gasteiger partial charge on any atom is 0.0952 e. The van der Waals surface area contributed by atoms with Gasteiger partial charge in [0.05, 0.1) is 3.74 Å². The van der Waals surface area contributed by atoms with Crippen LogP contribution in [0.1, 0.15) is 9.30 Å². The predicted octanol–water partition coefficient (Wildman–Crippen LogP) is 5.80. The largest absolute Gasteiger partial charge is 0.0952 e. The van der Waals surface area contributed by atoms with Gasteiger partial charge in [-0.15, -0.1) is 0 Å². The molecule has 0 aromatic heterocycles. The number of hydrogen-bond donors (Lipinski definition) is 0. The van der Waals surface area contributed by atoms with E-state index in [1.165, 1.54) is 5.56 Å².